The molecule has 1 aromatic rings. The standard InChI is InChI=1S/C18H30NO6P/c1-6-23-26(21,24-7-2)14-22-16-10-8-15(9-11-16)12-13-19-17(20)25-18(3,4)5/h8-11H,6-7,12-14H2,1-5H3,(H,19,20). The number of ether oxygens (including phenoxy) is 2. The average Bonchev–Trinajstić information content (AvgIpc) is 2.53. The molecule has 26 heavy (non-hydrogen) atoms. The maximum absolute atomic E-state index is 12.3. The van der Waals surface area contributed by atoms with Gasteiger partial charge in [-0.2, -0.15) is 0 Å². The van der Waals surface area contributed by atoms with Crippen molar-refractivity contribution < 1.29 is 27.9 Å². The first kappa shape index (κ1) is 22.5. The number of nitrogens with one attached hydrogen (secondary N) is 1. The smallest absolute Gasteiger partial charge is 0.407 e. The molecule has 1 N–H and O–H groups in total. The van der Waals surface area contributed by atoms with Crippen LogP contribution in [0.15, 0.2) is 24.3 Å². The quantitative estimate of drug-likeness (QED) is 0.601. The van der Waals surface area contributed by atoms with Gasteiger partial charge in [-0.05, 0) is 58.7 Å². The summed E-state index contributed by atoms with van der Waals surface area (Å²) in [6.07, 6.45) is 0.101. The number of rotatable bonds is 10. The Labute approximate surface area is 155 Å². The number of hydrogen-bond donors (Lipinski definition) is 1. The highest BCUT2D eigenvalue weighted by molar-refractivity contribution is 7.53. The molecule has 0 unspecified atom stereocenters. The van der Waals surface area contributed by atoms with Gasteiger partial charge in [0.15, 0.2) is 6.35 Å². The molecule has 0 saturated carbocycles. The third-order valence-corrected chi connectivity index (χ3v) is 4.79. The van der Waals surface area contributed by atoms with Gasteiger partial charge < -0.3 is 23.8 Å². The lowest BCUT2D eigenvalue weighted by molar-refractivity contribution is 0.0528. The summed E-state index contributed by atoms with van der Waals surface area (Å²) in [4.78, 5) is 11.6. The summed E-state index contributed by atoms with van der Waals surface area (Å²) in [5, 5.41) is 2.71. The van der Waals surface area contributed by atoms with Crippen molar-refractivity contribution in [3.05, 3.63) is 29.8 Å². The second-order valence-corrected chi connectivity index (χ2v) is 8.54. The minimum atomic E-state index is -3.23. The fourth-order valence-corrected chi connectivity index (χ4v) is 3.35. The summed E-state index contributed by atoms with van der Waals surface area (Å²) in [5.74, 6) is 0.577. The summed E-state index contributed by atoms with van der Waals surface area (Å²) in [7, 11) is -3.23. The monoisotopic (exact) mass is 387 g/mol. The van der Waals surface area contributed by atoms with Crippen molar-refractivity contribution in [2.75, 3.05) is 26.1 Å². The number of amides is 1. The largest absolute Gasteiger partial charge is 0.481 e. The van der Waals surface area contributed by atoms with E-state index in [-0.39, 0.29) is 6.35 Å². The second-order valence-electron chi connectivity index (χ2n) is 6.54. The normalized spacial score (nSPS) is 11.9. The lowest BCUT2D eigenvalue weighted by Gasteiger charge is -2.19. The van der Waals surface area contributed by atoms with Crippen molar-refractivity contribution in [2.45, 2.75) is 46.6 Å². The van der Waals surface area contributed by atoms with Crippen molar-refractivity contribution in [1.82, 2.24) is 5.32 Å². The van der Waals surface area contributed by atoms with Crippen molar-refractivity contribution in [2.24, 2.45) is 0 Å². The molecule has 0 aromatic heterocycles. The first-order chi connectivity index (χ1) is 12.2. The van der Waals surface area contributed by atoms with Crippen LogP contribution < -0.4 is 10.1 Å². The van der Waals surface area contributed by atoms with Gasteiger partial charge in [-0.15, -0.1) is 0 Å². The van der Waals surface area contributed by atoms with Gasteiger partial charge >= 0.3 is 13.7 Å². The van der Waals surface area contributed by atoms with Crippen LogP contribution in [0.2, 0.25) is 0 Å². The van der Waals surface area contributed by atoms with E-state index >= 15 is 0 Å². The maximum atomic E-state index is 12.3. The first-order valence-corrected chi connectivity index (χ1v) is 10.5. The predicted octanol–water partition coefficient (Wildman–Crippen LogP) is 4.36. The molecule has 0 fully saturated rings. The number of carbonyl (C=O) groups is 1. The Morgan fingerprint density at radius 3 is 2.15 bits per heavy atom. The van der Waals surface area contributed by atoms with E-state index in [1.165, 1.54) is 0 Å². The molecule has 7 nitrogen and oxygen atoms in total. The Morgan fingerprint density at radius 2 is 1.65 bits per heavy atom. The molecular formula is C18H30NO6P. The van der Waals surface area contributed by atoms with Crippen LogP contribution in [0, 0.1) is 0 Å². The first-order valence-electron chi connectivity index (χ1n) is 8.74. The Hall–Kier alpha value is -1.56. The summed E-state index contributed by atoms with van der Waals surface area (Å²) in [5.41, 5.74) is 0.525. The molecule has 0 aliphatic heterocycles. The molecule has 0 atom stereocenters. The van der Waals surface area contributed by atoms with Gasteiger partial charge in [0.05, 0.1) is 13.2 Å². The van der Waals surface area contributed by atoms with E-state index in [1.54, 1.807) is 26.0 Å². The Bertz CT molecular complexity index is 587. The minimum Gasteiger partial charge on any atom is -0.481 e. The highest BCUT2D eigenvalue weighted by Gasteiger charge is 2.24. The van der Waals surface area contributed by atoms with Crippen LogP contribution in [0.3, 0.4) is 0 Å². The molecule has 0 spiro atoms. The lowest BCUT2D eigenvalue weighted by Crippen LogP contribution is -2.33. The van der Waals surface area contributed by atoms with E-state index in [2.05, 4.69) is 5.32 Å². The van der Waals surface area contributed by atoms with Crippen LogP contribution in [0.4, 0.5) is 4.79 Å². The number of benzene rings is 1. The number of carbonyl (C=O) groups excluding carboxylic acids is 1. The number of hydrogen-bond acceptors (Lipinski definition) is 6. The molecule has 0 bridgehead atoms. The van der Waals surface area contributed by atoms with Crippen molar-refractivity contribution in [3.8, 4) is 5.75 Å². The van der Waals surface area contributed by atoms with Crippen molar-refractivity contribution in [3.63, 3.8) is 0 Å². The SMILES string of the molecule is CCOP(=O)(COc1ccc(CCNC(=O)OC(C)(C)C)cc1)OCC. The van der Waals surface area contributed by atoms with Gasteiger partial charge in [0.1, 0.15) is 11.4 Å². The molecular weight excluding hydrogens is 357 g/mol. The highest BCUT2D eigenvalue weighted by atomic mass is 31.2. The second kappa shape index (κ2) is 10.6. The molecule has 8 heteroatoms. The lowest BCUT2D eigenvalue weighted by atomic mass is 10.1. The fourth-order valence-electron chi connectivity index (χ4n) is 2.03. The van der Waals surface area contributed by atoms with Crippen LogP contribution >= 0.6 is 7.60 Å². The van der Waals surface area contributed by atoms with Crippen molar-refractivity contribution >= 4 is 13.7 Å². The molecule has 1 rings (SSSR count). The Balaban J connectivity index is 2.43. The fraction of sp³-hybridized carbons (Fsp3) is 0.611. The van der Waals surface area contributed by atoms with E-state index in [0.29, 0.717) is 31.9 Å². The average molecular weight is 387 g/mol. The van der Waals surface area contributed by atoms with Crippen molar-refractivity contribution in [1.29, 1.82) is 0 Å². The van der Waals surface area contributed by atoms with Crippen LogP contribution in [0.5, 0.6) is 5.75 Å². The molecule has 1 amide bonds. The van der Waals surface area contributed by atoms with Gasteiger partial charge in [0.2, 0.25) is 0 Å². The minimum absolute atomic E-state index is 0.131. The molecule has 1 aromatic carbocycles. The van der Waals surface area contributed by atoms with Gasteiger partial charge in [0, 0.05) is 6.54 Å². The molecule has 0 radical (unpaired) electrons. The van der Waals surface area contributed by atoms with Gasteiger partial charge in [-0.3, -0.25) is 4.57 Å². The summed E-state index contributed by atoms with van der Waals surface area (Å²) >= 11 is 0. The van der Waals surface area contributed by atoms with Crippen LogP contribution in [-0.4, -0.2) is 37.8 Å². The van der Waals surface area contributed by atoms with E-state index in [9.17, 15) is 9.36 Å². The topological polar surface area (TPSA) is 83.1 Å². The molecule has 0 aliphatic rings. The summed E-state index contributed by atoms with van der Waals surface area (Å²) in [6.45, 7) is 10.0. The Kier molecular flexibility index (Phi) is 9.13. The summed E-state index contributed by atoms with van der Waals surface area (Å²) < 4.78 is 33.4. The van der Waals surface area contributed by atoms with Crippen LogP contribution in [0.1, 0.15) is 40.2 Å². The van der Waals surface area contributed by atoms with E-state index in [0.717, 1.165) is 5.56 Å². The van der Waals surface area contributed by atoms with E-state index in [4.69, 9.17) is 18.5 Å². The number of alkyl carbamates (subject to hydrolysis) is 1. The zero-order chi connectivity index (χ0) is 19.6. The molecule has 0 saturated heterocycles. The van der Waals surface area contributed by atoms with Gasteiger partial charge in [-0.25, -0.2) is 4.79 Å². The Morgan fingerprint density at radius 1 is 1.08 bits per heavy atom. The zero-order valence-corrected chi connectivity index (χ0v) is 17.1. The van der Waals surface area contributed by atoms with E-state index < -0.39 is 19.3 Å². The molecule has 148 valence electrons. The third kappa shape index (κ3) is 9.22. The van der Waals surface area contributed by atoms with E-state index in [1.807, 2.05) is 32.9 Å². The maximum Gasteiger partial charge on any atom is 0.407 e. The highest BCUT2D eigenvalue weighted by Crippen LogP contribution is 2.47. The zero-order valence-electron chi connectivity index (χ0n) is 16.2. The third-order valence-electron chi connectivity index (χ3n) is 3.05. The van der Waals surface area contributed by atoms with Gasteiger partial charge in [0.25, 0.3) is 0 Å². The summed E-state index contributed by atoms with van der Waals surface area (Å²) in [6, 6.07) is 7.34. The van der Waals surface area contributed by atoms with Gasteiger partial charge in [-0.1, -0.05) is 12.1 Å². The molecule has 0 heterocycles. The van der Waals surface area contributed by atoms with Crippen LogP contribution in [0.25, 0.3) is 0 Å². The molecule has 0 aliphatic carbocycles. The predicted molar refractivity (Wildman–Crippen MR) is 101 cm³/mol. The van der Waals surface area contributed by atoms with Crippen LogP contribution in [-0.2, 0) is 24.8 Å².